The number of hydrogen-bond acceptors (Lipinski definition) is 6. The van der Waals surface area contributed by atoms with E-state index >= 15 is 0 Å². The first-order chi connectivity index (χ1) is 15.6. The van der Waals surface area contributed by atoms with Gasteiger partial charge in [-0.15, -0.1) is 5.10 Å². The van der Waals surface area contributed by atoms with Gasteiger partial charge in [-0.05, 0) is 44.2 Å². The molecule has 0 radical (unpaired) electrons. The quantitative estimate of drug-likeness (QED) is 0.586. The van der Waals surface area contributed by atoms with Gasteiger partial charge in [0, 0.05) is 37.0 Å². The number of urea groups is 1. The number of nitrogens with zero attached hydrogens (tertiary/aromatic N) is 4. The molecule has 2 heterocycles. The molecule has 4 rings (SSSR count). The summed E-state index contributed by atoms with van der Waals surface area (Å²) >= 11 is 0. The first-order valence-electron chi connectivity index (χ1n) is 10.7. The molecule has 0 saturated heterocycles. The fourth-order valence-corrected chi connectivity index (χ4v) is 3.54. The van der Waals surface area contributed by atoms with Crippen molar-refractivity contribution in [3.63, 3.8) is 0 Å². The van der Waals surface area contributed by atoms with Crippen LogP contribution in [-0.2, 0) is 6.54 Å². The monoisotopic (exact) mass is 438 g/mol. The molecule has 32 heavy (non-hydrogen) atoms. The average Bonchev–Trinajstić information content (AvgIpc) is 3.22. The number of benzene rings is 2. The predicted molar refractivity (Wildman–Crippen MR) is 119 cm³/mol. The van der Waals surface area contributed by atoms with E-state index in [9.17, 15) is 9.59 Å². The molecule has 1 aliphatic rings. The molecule has 1 aliphatic heterocycles. The van der Waals surface area contributed by atoms with Crippen molar-refractivity contribution in [2.75, 3.05) is 38.2 Å². The van der Waals surface area contributed by atoms with Crippen LogP contribution in [0.3, 0.4) is 0 Å². The smallest absolute Gasteiger partial charge is 0.319 e. The summed E-state index contributed by atoms with van der Waals surface area (Å²) in [7, 11) is 0. The SMILES string of the molecule is CCN(CC)C(=O)c1ccc2c(c1)nnn2CCNC(=O)Nc1ccc2c(c1)OCCO2. The number of nitrogens with one attached hydrogen (secondary N) is 2. The largest absolute Gasteiger partial charge is 0.486 e. The summed E-state index contributed by atoms with van der Waals surface area (Å²) < 4.78 is 12.7. The number of rotatable bonds is 7. The van der Waals surface area contributed by atoms with Crippen molar-refractivity contribution in [3.8, 4) is 11.5 Å². The maximum atomic E-state index is 12.5. The normalized spacial score (nSPS) is 12.4. The molecule has 10 nitrogen and oxygen atoms in total. The third-order valence-corrected chi connectivity index (χ3v) is 5.22. The minimum atomic E-state index is -0.335. The minimum Gasteiger partial charge on any atom is -0.486 e. The van der Waals surface area contributed by atoms with E-state index in [1.807, 2.05) is 19.9 Å². The Morgan fingerprint density at radius 2 is 1.84 bits per heavy atom. The molecule has 0 unspecified atom stereocenters. The first kappa shape index (κ1) is 21.4. The maximum Gasteiger partial charge on any atom is 0.319 e. The molecule has 0 bridgehead atoms. The topological polar surface area (TPSA) is 111 Å². The second kappa shape index (κ2) is 9.54. The number of anilines is 1. The van der Waals surface area contributed by atoms with Crippen molar-refractivity contribution in [2.24, 2.45) is 0 Å². The van der Waals surface area contributed by atoms with E-state index in [0.29, 0.717) is 67.7 Å². The Bertz CT molecular complexity index is 1120. The summed E-state index contributed by atoms with van der Waals surface area (Å²) in [5.74, 6) is 1.26. The second-order valence-corrected chi connectivity index (χ2v) is 7.23. The molecular formula is C22H26N6O4. The maximum absolute atomic E-state index is 12.5. The van der Waals surface area contributed by atoms with Crippen molar-refractivity contribution in [1.82, 2.24) is 25.2 Å². The second-order valence-electron chi connectivity index (χ2n) is 7.23. The Morgan fingerprint density at radius 3 is 2.62 bits per heavy atom. The van der Waals surface area contributed by atoms with Crippen LogP contribution in [0.25, 0.3) is 11.0 Å². The third-order valence-electron chi connectivity index (χ3n) is 5.22. The Kier molecular flexibility index (Phi) is 6.39. The van der Waals surface area contributed by atoms with Gasteiger partial charge in [0.05, 0.1) is 12.1 Å². The summed E-state index contributed by atoms with van der Waals surface area (Å²) in [6, 6.07) is 10.3. The van der Waals surface area contributed by atoms with Crippen molar-refractivity contribution < 1.29 is 19.1 Å². The zero-order valence-electron chi connectivity index (χ0n) is 18.1. The number of fused-ring (bicyclic) bond motifs is 2. The molecule has 10 heteroatoms. The lowest BCUT2D eigenvalue weighted by molar-refractivity contribution is 0.0773. The molecular weight excluding hydrogens is 412 g/mol. The highest BCUT2D eigenvalue weighted by molar-refractivity contribution is 5.97. The van der Waals surface area contributed by atoms with Crippen molar-refractivity contribution in [1.29, 1.82) is 0 Å². The number of amides is 3. The van der Waals surface area contributed by atoms with Crippen LogP contribution in [0.5, 0.6) is 11.5 Å². The van der Waals surface area contributed by atoms with E-state index in [1.165, 1.54) is 0 Å². The van der Waals surface area contributed by atoms with Gasteiger partial charge < -0.3 is 25.0 Å². The number of carbonyl (C=O) groups is 2. The van der Waals surface area contributed by atoms with Gasteiger partial charge in [0.15, 0.2) is 11.5 Å². The lowest BCUT2D eigenvalue weighted by Crippen LogP contribution is -2.31. The van der Waals surface area contributed by atoms with Gasteiger partial charge in [-0.2, -0.15) is 0 Å². The summed E-state index contributed by atoms with van der Waals surface area (Å²) in [5, 5.41) is 13.9. The molecule has 0 spiro atoms. The van der Waals surface area contributed by atoms with Crippen molar-refractivity contribution in [3.05, 3.63) is 42.0 Å². The van der Waals surface area contributed by atoms with Crippen LogP contribution in [0.2, 0.25) is 0 Å². The Balaban J connectivity index is 1.33. The predicted octanol–water partition coefficient (Wildman–Crippen LogP) is 2.51. The van der Waals surface area contributed by atoms with E-state index in [-0.39, 0.29) is 11.9 Å². The lowest BCUT2D eigenvalue weighted by Gasteiger charge is -2.19. The summed E-state index contributed by atoms with van der Waals surface area (Å²) in [4.78, 5) is 26.5. The van der Waals surface area contributed by atoms with Crippen LogP contribution < -0.4 is 20.1 Å². The van der Waals surface area contributed by atoms with Crippen LogP contribution in [0.15, 0.2) is 36.4 Å². The number of hydrogen-bond donors (Lipinski definition) is 2. The van der Waals surface area contributed by atoms with Crippen LogP contribution >= 0.6 is 0 Å². The van der Waals surface area contributed by atoms with Crippen LogP contribution in [0.4, 0.5) is 10.5 Å². The molecule has 168 valence electrons. The standard InChI is InChI=1S/C22H26N6O4/c1-3-27(4-2)21(29)15-5-7-18-17(13-15)25-26-28(18)10-9-23-22(30)24-16-6-8-19-20(14-16)32-12-11-31-19/h5-8,13-14H,3-4,9-12H2,1-2H3,(H2,23,24,30). The summed E-state index contributed by atoms with van der Waals surface area (Å²) in [6.45, 7) is 7.01. The van der Waals surface area contributed by atoms with Gasteiger partial charge in [0.25, 0.3) is 5.91 Å². The van der Waals surface area contributed by atoms with Gasteiger partial charge >= 0.3 is 6.03 Å². The highest BCUT2D eigenvalue weighted by Gasteiger charge is 2.15. The highest BCUT2D eigenvalue weighted by atomic mass is 16.6. The molecule has 0 fully saturated rings. The van der Waals surface area contributed by atoms with Gasteiger partial charge in [0.1, 0.15) is 18.7 Å². The Hall–Kier alpha value is -3.82. The zero-order valence-corrected chi connectivity index (χ0v) is 18.1. The van der Waals surface area contributed by atoms with E-state index in [2.05, 4.69) is 20.9 Å². The zero-order chi connectivity index (χ0) is 22.5. The fraction of sp³-hybridized carbons (Fsp3) is 0.364. The lowest BCUT2D eigenvalue weighted by atomic mass is 10.1. The van der Waals surface area contributed by atoms with Gasteiger partial charge in [-0.25, -0.2) is 9.48 Å². The summed E-state index contributed by atoms with van der Waals surface area (Å²) in [6.07, 6.45) is 0. The van der Waals surface area contributed by atoms with E-state index in [4.69, 9.17) is 9.47 Å². The molecule has 0 aliphatic carbocycles. The van der Waals surface area contributed by atoms with Crippen molar-refractivity contribution in [2.45, 2.75) is 20.4 Å². The third kappa shape index (κ3) is 4.58. The first-order valence-corrected chi connectivity index (χ1v) is 10.7. The van der Waals surface area contributed by atoms with E-state index < -0.39 is 0 Å². The summed E-state index contributed by atoms with van der Waals surface area (Å²) in [5.41, 5.74) is 2.65. The van der Waals surface area contributed by atoms with E-state index in [1.54, 1.807) is 39.9 Å². The molecule has 3 aromatic rings. The number of carbonyl (C=O) groups excluding carboxylic acids is 2. The fourth-order valence-electron chi connectivity index (χ4n) is 3.54. The van der Waals surface area contributed by atoms with Gasteiger partial charge in [-0.3, -0.25) is 4.79 Å². The molecule has 3 amide bonds. The van der Waals surface area contributed by atoms with Crippen molar-refractivity contribution >= 4 is 28.7 Å². The Morgan fingerprint density at radius 1 is 1.06 bits per heavy atom. The minimum absolute atomic E-state index is 0.0241. The molecule has 0 saturated carbocycles. The average molecular weight is 438 g/mol. The van der Waals surface area contributed by atoms with Crippen LogP contribution in [0.1, 0.15) is 24.2 Å². The van der Waals surface area contributed by atoms with E-state index in [0.717, 1.165) is 5.52 Å². The molecule has 2 N–H and O–H groups in total. The molecule has 2 aromatic carbocycles. The van der Waals surface area contributed by atoms with Crippen LogP contribution in [-0.4, -0.2) is 64.7 Å². The highest BCUT2D eigenvalue weighted by Crippen LogP contribution is 2.32. The number of aromatic nitrogens is 3. The van der Waals surface area contributed by atoms with Gasteiger partial charge in [-0.1, -0.05) is 5.21 Å². The molecule has 1 aromatic heterocycles. The van der Waals surface area contributed by atoms with Gasteiger partial charge in [0.2, 0.25) is 0 Å². The number of ether oxygens (including phenoxy) is 2. The molecule has 0 atom stereocenters. The van der Waals surface area contributed by atoms with Crippen LogP contribution in [0, 0.1) is 0 Å². The Labute approximate surface area is 185 Å².